The van der Waals surface area contributed by atoms with E-state index in [0.29, 0.717) is 42.8 Å². The van der Waals surface area contributed by atoms with E-state index >= 15 is 0 Å². The van der Waals surface area contributed by atoms with Crippen LogP contribution < -0.4 is 25.4 Å². The summed E-state index contributed by atoms with van der Waals surface area (Å²) in [6.07, 6.45) is 0.298. The largest absolute Gasteiger partial charge is 0.493 e. The Morgan fingerprint density at radius 1 is 1.11 bits per heavy atom. The van der Waals surface area contributed by atoms with E-state index in [2.05, 4.69) is 25.9 Å². The van der Waals surface area contributed by atoms with E-state index in [-0.39, 0.29) is 5.91 Å². The maximum Gasteiger partial charge on any atom is 0.227 e. The number of nitrogens with zero attached hydrogens (tertiary/aromatic N) is 2. The van der Waals surface area contributed by atoms with Gasteiger partial charge in [-0.05, 0) is 36.8 Å². The Labute approximate surface area is 165 Å². The highest BCUT2D eigenvalue weighted by atomic mass is 16.5. The van der Waals surface area contributed by atoms with Crippen molar-refractivity contribution in [3.05, 3.63) is 47.7 Å². The van der Waals surface area contributed by atoms with Gasteiger partial charge in [-0.15, -0.1) is 0 Å². The molecule has 8 heteroatoms. The standard InChI is InChI=1S/C20H27N5O3/c1-14-6-5-7-18(24-14)25-19(26)10-11-22-20(21-2)23-13-15-8-9-16(27-3)17(12-15)28-4/h5-9,12H,10-11,13H2,1-4H3,(H2,21,22,23)(H,24,25,26). The van der Waals surface area contributed by atoms with E-state index < -0.39 is 0 Å². The van der Waals surface area contributed by atoms with Crippen LogP contribution in [0.4, 0.5) is 5.82 Å². The Hall–Kier alpha value is -3.29. The third-order valence-corrected chi connectivity index (χ3v) is 3.93. The summed E-state index contributed by atoms with van der Waals surface area (Å²) in [4.78, 5) is 20.4. The smallest absolute Gasteiger partial charge is 0.227 e. The number of guanidine groups is 1. The van der Waals surface area contributed by atoms with Gasteiger partial charge >= 0.3 is 0 Å². The van der Waals surface area contributed by atoms with Gasteiger partial charge in [-0.1, -0.05) is 12.1 Å². The maximum absolute atomic E-state index is 12.0. The lowest BCUT2D eigenvalue weighted by Gasteiger charge is -2.13. The fraction of sp³-hybridized carbons (Fsp3) is 0.350. The number of ether oxygens (including phenoxy) is 2. The Balaban J connectivity index is 1.77. The zero-order valence-electron chi connectivity index (χ0n) is 16.7. The highest BCUT2D eigenvalue weighted by molar-refractivity contribution is 5.90. The summed E-state index contributed by atoms with van der Waals surface area (Å²) in [5.74, 6) is 2.41. The van der Waals surface area contributed by atoms with E-state index in [1.54, 1.807) is 27.3 Å². The van der Waals surface area contributed by atoms with Crippen molar-refractivity contribution in [2.45, 2.75) is 19.9 Å². The number of carbonyl (C=O) groups excluding carboxylic acids is 1. The molecule has 3 N–H and O–H groups in total. The van der Waals surface area contributed by atoms with Crippen molar-refractivity contribution >= 4 is 17.7 Å². The van der Waals surface area contributed by atoms with Crippen LogP contribution in [-0.2, 0) is 11.3 Å². The number of methoxy groups -OCH3 is 2. The first-order chi connectivity index (χ1) is 13.5. The summed E-state index contributed by atoms with van der Waals surface area (Å²) in [6.45, 7) is 2.88. The normalized spacial score (nSPS) is 10.9. The van der Waals surface area contributed by atoms with Gasteiger partial charge in [0, 0.05) is 32.3 Å². The second-order valence-corrected chi connectivity index (χ2v) is 6.00. The maximum atomic E-state index is 12.0. The number of carbonyl (C=O) groups is 1. The molecule has 0 aliphatic rings. The van der Waals surface area contributed by atoms with E-state index in [9.17, 15) is 4.79 Å². The van der Waals surface area contributed by atoms with Gasteiger partial charge in [-0.3, -0.25) is 9.79 Å². The van der Waals surface area contributed by atoms with Gasteiger partial charge in [0.2, 0.25) is 5.91 Å². The molecule has 1 aromatic heterocycles. The van der Waals surface area contributed by atoms with Gasteiger partial charge in [0.15, 0.2) is 17.5 Å². The highest BCUT2D eigenvalue weighted by Crippen LogP contribution is 2.27. The Morgan fingerprint density at radius 2 is 1.89 bits per heavy atom. The number of aromatic nitrogens is 1. The molecule has 0 fully saturated rings. The minimum absolute atomic E-state index is 0.110. The predicted molar refractivity (Wildman–Crippen MR) is 110 cm³/mol. The number of hydrogen-bond donors (Lipinski definition) is 3. The van der Waals surface area contributed by atoms with Crippen LogP contribution in [0, 0.1) is 6.92 Å². The molecule has 1 heterocycles. The number of amides is 1. The Bertz CT molecular complexity index is 823. The van der Waals surface area contributed by atoms with Gasteiger partial charge in [0.25, 0.3) is 0 Å². The fourth-order valence-electron chi connectivity index (χ4n) is 2.51. The number of nitrogens with one attached hydrogen (secondary N) is 3. The molecule has 0 atom stereocenters. The number of pyridine rings is 1. The molecule has 0 unspecified atom stereocenters. The molecule has 0 bridgehead atoms. The monoisotopic (exact) mass is 385 g/mol. The van der Waals surface area contributed by atoms with Crippen molar-refractivity contribution < 1.29 is 14.3 Å². The topological polar surface area (TPSA) is 96.9 Å². The molecule has 0 saturated carbocycles. The van der Waals surface area contributed by atoms with Crippen molar-refractivity contribution in [3.8, 4) is 11.5 Å². The second kappa shape index (κ2) is 10.8. The van der Waals surface area contributed by atoms with Gasteiger partial charge in [-0.25, -0.2) is 4.98 Å². The van der Waals surface area contributed by atoms with Gasteiger partial charge in [0.1, 0.15) is 5.82 Å². The van der Waals surface area contributed by atoms with E-state index in [0.717, 1.165) is 11.3 Å². The quantitative estimate of drug-likeness (QED) is 0.476. The Morgan fingerprint density at radius 3 is 2.57 bits per heavy atom. The predicted octanol–water partition coefficient (Wildman–Crippen LogP) is 2.10. The summed E-state index contributed by atoms with van der Waals surface area (Å²) in [7, 11) is 4.89. The van der Waals surface area contributed by atoms with Crippen LogP contribution in [0.25, 0.3) is 0 Å². The molecule has 0 saturated heterocycles. The first-order valence-corrected chi connectivity index (χ1v) is 8.94. The van der Waals surface area contributed by atoms with Crippen LogP contribution in [0.5, 0.6) is 11.5 Å². The average Bonchev–Trinajstić information content (AvgIpc) is 2.70. The number of anilines is 1. The van der Waals surface area contributed by atoms with Crippen LogP contribution in [-0.4, -0.2) is 44.7 Å². The van der Waals surface area contributed by atoms with Crippen LogP contribution in [0.15, 0.2) is 41.4 Å². The van der Waals surface area contributed by atoms with Crippen molar-refractivity contribution in [2.75, 3.05) is 33.1 Å². The highest BCUT2D eigenvalue weighted by Gasteiger charge is 2.07. The summed E-state index contributed by atoms with van der Waals surface area (Å²) in [5, 5.41) is 9.10. The van der Waals surface area contributed by atoms with Crippen LogP contribution in [0.3, 0.4) is 0 Å². The molecule has 0 radical (unpaired) electrons. The molecule has 1 amide bonds. The summed E-state index contributed by atoms with van der Waals surface area (Å²) in [6, 6.07) is 11.2. The summed E-state index contributed by atoms with van der Waals surface area (Å²) < 4.78 is 10.5. The van der Waals surface area contributed by atoms with Crippen molar-refractivity contribution in [1.29, 1.82) is 0 Å². The zero-order valence-corrected chi connectivity index (χ0v) is 16.7. The molecular formula is C20H27N5O3. The third kappa shape index (κ3) is 6.46. The molecule has 8 nitrogen and oxygen atoms in total. The van der Waals surface area contributed by atoms with E-state index in [1.807, 2.05) is 37.3 Å². The molecule has 150 valence electrons. The first kappa shape index (κ1) is 21.0. The summed E-state index contributed by atoms with van der Waals surface area (Å²) >= 11 is 0. The molecule has 0 aliphatic carbocycles. The lowest BCUT2D eigenvalue weighted by atomic mass is 10.2. The minimum atomic E-state index is -0.110. The van der Waals surface area contributed by atoms with Crippen molar-refractivity contribution in [3.63, 3.8) is 0 Å². The molecule has 28 heavy (non-hydrogen) atoms. The van der Waals surface area contributed by atoms with Gasteiger partial charge in [0.05, 0.1) is 14.2 Å². The molecule has 0 aliphatic heterocycles. The Kier molecular flexibility index (Phi) is 8.08. The number of aryl methyl sites for hydroxylation is 1. The number of hydrogen-bond acceptors (Lipinski definition) is 5. The summed E-state index contributed by atoms with van der Waals surface area (Å²) in [5.41, 5.74) is 1.87. The van der Waals surface area contributed by atoms with Crippen LogP contribution in [0.2, 0.25) is 0 Å². The van der Waals surface area contributed by atoms with Gasteiger partial charge < -0.3 is 25.4 Å². The molecule has 1 aromatic carbocycles. The van der Waals surface area contributed by atoms with E-state index in [1.165, 1.54) is 0 Å². The SMILES string of the molecule is CN=C(NCCC(=O)Nc1cccc(C)n1)NCc1ccc(OC)c(OC)c1. The van der Waals surface area contributed by atoms with E-state index in [4.69, 9.17) is 9.47 Å². The minimum Gasteiger partial charge on any atom is -0.493 e. The third-order valence-electron chi connectivity index (χ3n) is 3.93. The zero-order chi connectivity index (χ0) is 20.4. The van der Waals surface area contributed by atoms with Crippen LogP contribution >= 0.6 is 0 Å². The molecule has 2 rings (SSSR count). The first-order valence-electron chi connectivity index (χ1n) is 8.94. The second-order valence-electron chi connectivity index (χ2n) is 6.00. The van der Waals surface area contributed by atoms with Gasteiger partial charge in [-0.2, -0.15) is 0 Å². The fourth-order valence-corrected chi connectivity index (χ4v) is 2.51. The number of benzene rings is 1. The number of aliphatic imine (C=N–C) groups is 1. The average molecular weight is 385 g/mol. The van der Waals surface area contributed by atoms with Crippen molar-refractivity contribution in [2.24, 2.45) is 4.99 Å². The molecular weight excluding hydrogens is 358 g/mol. The molecule has 2 aromatic rings. The van der Waals surface area contributed by atoms with Crippen molar-refractivity contribution in [1.82, 2.24) is 15.6 Å². The number of rotatable bonds is 8. The lowest BCUT2D eigenvalue weighted by molar-refractivity contribution is -0.116. The molecule has 0 spiro atoms. The lowest BCUT2D eigenvalue weighted by Crippen LogP contribution is -2.38. The van der Waals surface area contributed by atoms with Crippen LogP contribution in [0.1, 0.15) is 17.7 Å².